The van der Waals surface area contributed by atoms with Crippen molar-refractivity contribution in [2.24, 2.45) is 17.8 Å². The fraction of sp³-hybridized carbons (Fsp3) is 0.667. The molecule has 0 spiro atoms. The number of esters is 1. The number of hydrogen-bond acceptors (Lipinski definition) is 5. The summed E-state index contributed by atoms with van der Waals surface area (Å²) in [5.74, 6) is 1.61. The molecule has 0 saturated carbocycles. The predicted molar refractivity (Wildman–Crippen MR) is 116 cm³/mol. The Kier molecular flexibility index (Phi) is 7.75. The fourth-order valence-electron chi connectivity index (χ4n) is 5.25. The molecule has 1 amide bonds. The largest absolute Gasteiger partial charge is 0.497 e. The quantitative estimate of drug-likeness (QED) is 0.666. The van der Waals surface area contributed by atoms with Crippen molar-refractivity contribution >= 4 is 11.9 Å². The van der Waals surface area contributed by atoms with Gasteiger partial charge in [0.15, 0.2) is 0 Å². The van der Waals surface area contributed by atoms with E-state index in [0.717, 1.165) is 51.2 Å². The van der Waals surface area contributed by atoms with Crippen LogP contribution in [0.15, 0.2) is 24.3 Å². The highest BCUT2D eigenvalue weighted by atomic mass is 16.5. The smallest absolute Gasteiger partial charge is 0.310 e. The second-order valence-corrected chi connectivity index (χ2v) is 8.63. The van der Waals surface area contributed by atoms with Crippen molar-refractivity contribution in [3.8, 4) is 5.75 Å². The van der Waals surface area contributed by atoms with Crippen molar-refractivity contribution in [1.29, 1.82) is 0 Å². The van der Waals surface area contributed by atoms with E-state index in [-0.39, 0.29) is 23.8 Å². The SMILES string of the molecule is CCOC(=O)C1[C@H](C2CCN(C(C)=O)CC2)CCN(Cc2ccc(OC)cc2)[C@@H]1C. The maximum atomic E-state index is 13.0. The average molecular weight is 417 g/mol. The molecule has 0 radical (unpaired) electrons. The van der Waals surface area contributed by atoms with Gasteiger partial charge in [-0.2, -0.15) is 0 Å². The molecule has 2 fully saturated rings. The van der Waals surface area contributed by atoms with Crippen LogP contribution in [0.3, 0.4) is 0 Å². The van der Waals surface area contributed by atoms with Crippen LogP contribution in [0.4, 0.5) is 0 Å². The zero-order chi connectivity index (χ0) is 21.7. The molecule has 0 aromatic heterocycles. The van der Waals surface area contributed by atoms with Crippen LogP contribution in [0.2, 0.25) is 0 Å². The minimum Gasteiger partial charge on any atom is -0.497 e. The minimum atomic E-state index is -0.120. The number of hydrogen-bond donors (Lipinski definition) is 0. The molecule has 30 heavy (non-hydrogen) atoms. The lowest BCUT2D eigenvalue weighted by molar-refractivity contribution is -0.158. The Bertz CT molecular complexity index is 712. The van der Waals surface area contributed by atoms with Crippen LogP contribution in [0.1, 0.15) is 45.6 Å². The van der Waals surface area contributed by atoms with Gasteiger partial charge in [0.2, 0.25) is 5.91 Å². The number of carbonyl (C=O) groups is 2. The molecule has 0 bridgehead atoms. The first-order valence-corrected chi connectivity index (χ1v) is 11.2. The standard InChI is InChI=1S/C24H36N2O4/c1-5-30-24(28)23-17(2)26(16-19-6-8-21(29-4)9-7-19)15-12-22(23)20-10-13-25(14-11-20)18(3)27/h6-9,17,20,22-23H,5,10-16H2,1-4H3/t17-,22+,23?/m1/s1. The summed E-state index contributed by atoms with van der Waals surface area (Å²) in [6, 6.07) is 8.27. The van der Waals surface area contributed by atoms with E-state index in [9.17, 15) is 9.59 Å². The van der Waals surface area contributed by atoms with Crippen molar-refractivity contribution < 1.29 is 19.1 Å². The molecule has 2 saturated heterocycles. The molecular formula is C24H36N2O4. The van der Waals surface area contributed by atoms with Crippen LogP contribution in [-0.4, -0.2) is 61.1 Å². The number of nitrogens with zero attached hydrogens (tertiary/aromatic N) is 2. The number of amides is 1. The molecule has 2 aliphatic heterocycles. The lowest BCUT2D eigenvalue weighted by Crippen LogP contribution is -2.53. The molecule has 0 N–H and O–H groups in total. The van der Waals surface area contributed by atoms with Crippen LogP contribution in [0, 0.1) is 17.8 Å². The van der Waals surface area contributed by atoms with Crippen molar-refractivity contribution in [3.05, 3.63) is 29.8 Å². The van der Waals surface area contributed by atoms with Crippen molar-refractivity contribution in [3.63, 3.8) is 0 Å². The van der Waals surface area contributed by atoms with Gasteiger partial charge in [-0.3, -0.25) is 14.5 Å². The van der Waals surface area contributed by atoms with E-state index in [1.165, 1.54) is 5.56 Å². The highest BCUT2D eigenvalue weighted by molar-refractivity contribution is 5.74. The molecule has 2 aliphatic rings. The lowest BCUT2D eigenvalue weighted by Gasteiger charge is -2.47. The summed E-state index contributed by atoms with van der Waals surface area (Å²) in [6.45, 7) is 9.49. The van der Waals surface area contributed by atoms with Gasteiger partial charge < -0.3 is 14.4 Å². The molecule has 1 aromatic carbocycles. The monoisotopic (exact) mass is 416 g/mol. The highest BCUT2D eigenvalue weighted by Crippen LogP contribution is 2.40. The van der Waals surface area contributed by atoms with Gasteiger partial charge in [0.25, 0.3) is 0 Å². The van der Waals surface area contributed by atoms with E-state index >= 15 is 0 Å². The van der Waals surface area contributed by atoms with E-state index in [2.05, 4.69) is 24.0 Å². The normalized spacial score (nSPS) is 25.7. The maximum absolute atomic E-state index is 13.0. The summed E-state index contributed by atoms with van der Waals surface area (Å²) in [4.78, 5) is 29.0. The van der Waals surface area contributed by atoms with Crippen LogP contribution in [0.25, 0.3) is 0 Å². The second kappa shape index (κ2) is 10.3. The Morgan fingerprint density at radius 1 is 1.07 bits per heavy atom. The Morgan fingerprint density at radius 3 is 2.30 bits per heavy atom. The third kappa shape index (κ3) is 5.15. The number of carbonyl (C=O) groups excluding carboxylic acids is 2. The van der Waals surface area contributed by atoms with Gasteiger partial charge in [-0.05, 0) is 69.2 Å². The van der Waals surface area contributed by atoms with Crippen molar-refractivity contribution in [1.82, 2.24) is 9.80 Å². The van der Waals surface area contributed by atoms with E-state index in [1.54, 1.807) is 14.0 Å². The number of ether oxygens (including phenoxy) is 2. The number of piperidine rings is 2. The maximum Gasteiger partial charge on any atom is 0.310 e. The van der Waals surface area contributed by atoms with Gasteiger partial charge in [-0.1, -0.05) is 12.1 Å². The minimum absolute atomic E-state index is 0.0663. The Hall–Kier alpha value is -2.08. The summed E-state index contributed by atoms with van der Waals surface area (Å²) in [6.07, 6.45) is 2.95. The second-order valence-electron chi connectivity index (χ2n) is 8.63. The van der Waals surface area contributed by atoms with E-state index in [0.29, 0.717) is 18.4 Å². The molecule has 2 heterocycles. The van der Waals surface area contributed by atoms with Crippen LogP contribution in [-0.2, 0) is 20.9 Å². The highest BCUT2D eigenvalue weighted by Gasteiger charge is 2.44. The molecule has 3 atom stereocenters. The first-order chi connectivity index (χ1) is 14.4. The molecule has 6 heteroatoms. The van der Waals surface area contributed by atoms with E-state index in [1.807, 2.05) is 24.0 Å². The Morgan fingerprint density at radius 2 is 1.73 bits per heavy atom. The molecule has 166 valence electrons. The predicted octanol–water partition coefficient (Wildman–Crippen LogP) is 3.34. The molecular weight excluding hydrogens is 380 g/mol. The molecule has 3 rings (SSSR count). The van der Waals surface area contributed by atoms with E-state index in [4.69, 9.17) is 9.47 Å². The summed E-state index contributed by atoms with van der Waals surface area (Å²) < 4.78 is 10.8. The topological polar surface area (TPSA) is 59.1 Å². The third-order valence-corrected chi connectivity index (χ3v) is 7.00. The molecule has 6 nitrogen and oxygen atoms in total. The number of methoxy groups -OCH3 is 1. The fourth-order valence-corrected chi connectivity index (χ4v) is 5.25. The van der Waals surface area contributed by atoms with Crippen LogP contribution in [0.5, 0.6) is 5.75 Å². The average Bonchev–Trinajstić information content (AvgIpc) is 2.75. The zero-order valence-corrected chi connectivity index (χ0v) is 18.8. The van der Waals surface area contributed by atoms with Gasteiger partial charge >= 0.3 is 5.97 Å². The Balaban J connectivity index is 1.71. The van der Waals surface area contributed by atoms with Gasteiger partial charge in [0, 0.05) is 32.6 Å². The number of rotatable bonds is 6. The van der Waals surface area contributed by atoms with Gasteiger partial charge in [0.05, 0.1) is 19.6 Å². The number of benzene rings is 1. The zero-order valence-electron chi connectivity index (χ0n) is 18.8. The number of likely N-dealkylation sites (tertiary alicyclic amines) is 2. The summed E-state index contributed by atoms with van der Waals surface area (Å²) in [5, 5.41) is 0. The third-order valence-electron chi connectivity index (χ3n) is 7.00. The molecule has 1 aromatic rings. The first-order valence-electron chi connectivity index (χ1n) is 11.2. The van der Waals surface area contributed by atoms with Crippen LogP contribution >= 0.6 is 0 Å². The van der Waals surface area contributed by atoms with Crippen molar-refractivity contribution in [2.75, 3.05) is 33.4 Å². The Labute approximate surface area is 180 Å². The van der Waals surface area contributed by atoms with Gasteiger partial charge in [0.1, 0.15) is 5.75 Å². The van der Waals surface area contributed by atoms with Gasteiger partial charge in [-0.25, -0.2) is 0 Å². The van der Waals surface area contributed by atoms with Crippen molar-refractivity contribution in [2.45, 2.75) is 52.6 Å². The summed E-state index contributed by atoms with van der Waals surface area (Å²) >= 11 is 0. The first kappa shape index (κ1) is 22.6. The summed E-state index contributed by atoms with van der Waals surface area (Å²) in [5.41, 5.74) is 1.22. The van der Waals surface area contributed by atoms with Crippen LogP contribution < -0.4 is 4.74 Å². The lowest BCUT2D eigenvalue weighted by atomic mass is 9.70. The van der Waals surface area contributed by atoms with Gasteiger partial charge in [-0.15, -0.1) is 0 Å². The molecule has 0 aliphatic carbocycles. The summed E-state index contributed by atoms with van der Waals surface area (Å²) in [7, 11) is 1.67. The molecule has 1 unspecified atom stereocenters. The van der Waals surface area contributed by atoms with E-state index < -0.39 is 0 Å².